The number of hydrogen-bond donors (Lipinski definition) is 2. The normalized spacial score (nSPS) is 17.6. The Hall–Kier alpha value is -1.30. The Bertz CT molecular complexity index is 404. The van der Waals surface area contributed by atoms with E-state index in [0.717, 1.165) is 56.3 Å². The van der Waals surface area contributed by atoms with Gasteiger partial charge in [-0.25, -0.2) is 0 Å². The lowest BCUT2D eigenvalue weighted by atomic mass is 10.1. The van der Waals surface area contributed by atoms with Gasteiger partial charge in [-0.3, -0.25) is 9.80 Å². The van der Waals surface area contributed by atoms with E-state index in [9.17, 15) is 0 Å². The van der Waals surface area contributed by atoms with Gasteiger partial charge in [0.05, 0.1) is 13.7 Å². The third-order valence-electron chi connectivity index (χ3n) is 3.58. The summed E-state index contributed by atoms with van der Waals surface area (Å²) in [6.07, 6.45) is 0. The van der Waals surface area contributed by atoms with Gasteiger partial charge in [-0.15, -0.1) is 0 Å². The molecular weight excluding hydrogens is 242 g/mol. The van der Waals surface area contributed by atoms with Gasteiger partial charge in [0.2, 0.25) is 0 Å². The summed E-state index contributed by atoms with van der Waals surface area (Å²) in [6, 6.07) is 5.77. The molecule has 0 aliphatic carbocycles. The van der Waals surface area contributed by atoms with Crippen LogP contribution in [0, 0.1) is 0 Å². The van der Waals surface area contributed by atoms with Crippen LogP contribution in [0.3, 0.4) is 0 Å². The second kappa shape index (κ2) is 6.75. The summed E-state index contributed by atoms with van der Waals surface area (Å²) < 4.78 is 5.38. The summed E-state index contributed by atoms with van der Waals surface area (Å²) in [7, 11) is 1.69. The van der Waals surface area contributed by atoms with E-state index in [4.69, 9.17) is 15.6 Å². The summed E-state index contributed by atoms with van der Waals surface area (Å²) in [5.41, 5.74) is 7.75. The highest BCUT2D eigenvalue weighted by atomic mass is 16.5. The predicted octanol–water partition coefficient (Wildman–Crippen LogP) is 0.387. The molecule has 0 bridgehead atoms. The second-order valence-corrected chi connectivity index (χ2v) is 4.91. The van der Waals surface area contributed by atoms with Crippen LogP contribution < -0.4 is 10.5 Å². The number of methoxy groups -OCH3 is 1. The maximum atomic E-state index is 8.93. The van der Waals surface area contributed by atoms with Gasteiger partial charge in [0.15, 0.2) is 0 Å². The van der Waals surface area contributed by atoms with E-state index >= 15 is 0 Å². The minimum absolute atomic E-state index is 0.239. The highest BCUT2D eigenvalue weighted by Gasteiger charge is 2.17. The lowest BCUT2D eigenvalue weighted by Gasteiger charge is -2.34. The van der Waals surface area contributed by atoms with Gasteiger partial charge in [0, 0.05) is 50.5 Å². The number of aliphatic hydroxyl groups excluding tert-OH is 1. The van der Waals surface area contributed by atoms with Gasteiger partial charge in [-0.05, 0) is 18.2 Å². The van der Waals surface area contributed by atoms with Gasteiger partial charge >= 0.3 is 0 Å². The fraction of sp³-hybridized carbons (Fsp3) is 0.571. The molecule has 1 aromatic rings. The van der Waals surface area contributed by atoms with Crippen molar-refractivity contribution in [3.8, 4) is 5.75 Å². The maximum absolute atomic E-state index is 8.93. The van der Waals surface area contributed by atoms with Crippen molar-refractivity contribution >= 4 is 5.69 Å². The largest absolute Gasteiger partial charge is 0.496 e. The first-order chi connectivity index (χ1) is 9.22. The van der Waals surface area contributed by atoms with E-state index in [2.05, 4.69) is 9.80 Å². The van der Waals surface area contributed by atoms with Crippen molar-refractivity contribution in [2.75, 3.05) is 52.2 Å². The molecular formula is C14H23N3O2. The van der Waals surface area contributed by atoms with E-state index in [1.165, 1.54) is 0 Å². The highest BCUT2D eigenvalue weighted by Crippen LogP contribution is 2.23. The number of ether oxygens (including phenoxy) is 1. The first-order valence-corrected chi connectivity index (χ1v) is 6.71. The topological polar surface area (TPSA) is 62.0 Å². The summed E-state index contributed by atoms with van der Waals surface area (Å²) in [5, 5.41) is 8.93. The molecule has 0 radical (unpaired) electrons. The number of aliphatic hydroxyl groups is 1. The molecule has 19 heavy (non-hydrogen) atoms. The molecule has 1 heterocycles. The first-order valence-electron chi connectivity index (χ1n) is 6.71. The van der Waals surface area contributed by atoms with Crippen LogP contribution in [0.5, 0.6) is 5.75 Å². The summed E-state index contributed by atoms with van der Waals surface area (Å²) in [5.74, 6) is 0.895. The summed E-state index contributed by atoms with van der Waals surface area (Å²) in [6.45, 7) is 5.91. The number of nitrogen functional groups attached to an aromatic ring is 1. The average Bonchev–Trinajstić information content (AvgIpc) is 2.42. The maximum Gasteiger partial charge on any atom is 0.123 e. The zero-order valence-corrected chi connectivity index (χ0v) is 11.5. The summed E-state index contributed by atoms with van der Waals surface area (Å²) >= 11 is 0. The van der Waals surface area contributed by atoms with Gasteiger partial charge in [0.1, 0.15) is 5.75 Å². The van der Waals surface area contributed by atoms with Gasteiger partial charge in [-0.2, -0.15) is 0 Å². The van der Waals surface area contributed by atoms with Crippen molar-refractivity contribution in [1.82, 2.24) is 9.80 Å². The Morgan fingerprint density at radius 3 is 2.53 bits per heavy atom. The van der Waals surface area contributed by atoms with Crippen molar-refractivity contribution in [3.63, 3.8) is 0 Å². The average molecular weight is 265 g/mol. The molecule has 0 saturated carbocycles. The molecule has 0 spiro atoms. The van der Waals surface area contributed by atoms with Gasteiger partial charge in [0.25, 0.3) is 0 Å². The Morgan fingerprint density at radius 2 is 1.89 bits per heavy atom. The highest BCUT2D eigenvalue weighted by molar-refractivity contribution is 5.47. The Morgan fingerprint density at radius 1 is 1.21 bits per heavy atom. The molecule has 1 saturated heterocycles. The zero-order valence-electron chi connectivity index (χ0n) is 11.5. The predicted molar refractivity (Wildman–Crippen MR) is 76.2 cm³/mol. The van der Waals surface area contributed by atoms with E-state index in [1.54, 1.807) is 7.11 Å². The van der Waals surface area contributed by atoms with Gasteiger partial charge < -0.3 is 15.6 Å². The molecule has 1 aliphatic heterocycles. The van der Waals surface area contributed by atoms with Crippen LogP contribution in [-0.2, 0) is 6.54 Å². The van der Waals surface area contributed by atoms with Crippen molar-refractivity contribution in [2.24, 2.45) is 0 Å². The third kappa shape index (κ3) is 3.83. The zero-order chi connectivity index (χ0) is 13.7. The number of piperazine rings is 1. The van der Waals surface area contributed by atoms with Crippen molar-refractivity contribution in [3.05, 3.63) is 23.8 Å². The number of nitrogens with two attached hydrogens (primary N) is 1. The summed E-state index contributed by atoms with van der Waals surface area (Å²) in [4.78, 5) is 4.68. The number of anilines is 1. The van der Waals surface area contributed by atoms with Crippen LogP contribution in [0.15, 0.2) is 18.2 Å². The van der Waals surface area contributed by atoms with E-state index in [0.29, 0.717) is 0 Å². The minimum Gasteiger partial charge on any atom is -0.496 e. The van der Waals surface area contributed by atoms with E-state index < -0.39 is 0 Å². The Labute approximate surface area is 114 Å². The molecule has 0 aromatic heterocycles. The van der Waals surface area contributed by atoms with Crippen LogP contribution in [0.1, 0.15) is 5.56 Å². The Balaban J connectivity index is 1.93. The van der Waals surface area contributed by atoms with E-state index in [1.807, 2.05) is 18.2 Å². The lowest BCUT2D eigenvalue weighted by Crippen LogP contribution is -2.46. The number of rotatable bonds is 5. The third-order valence-corrected chi connectivity index (χ3v) is 3.58. The van der Waals surface area contributed by atoms with E-state index in [-0.39, 0.29) is 6.61 Å². The molecule has 106 valence electrons. The molecule has 1 aliphatic rings. The molecule has 0 atom stereocenters. The van der Waals surface area contributed by atoms with Crippen LogP contribution in [0.4, 0.5) is 5.69 Å². The molecule has 0 amide bonds. The first kappa shape index (κ1) is 14.1. The molecule has 1 aromatic carbocycles. The SMILES string of the molecule is COc1ccc(N)cc1CN1CCN(CCO)CC1. The number of benzene rings is 1. The molecule has 2 rings (SSSR count). The second-order valence-electron chi connectivity index (χ2n) is 4.91. The Kier molecular flexibility index (Phi) is 5.01. The standard InChI is InChI=1S/C14H23N3O2/c1-19-14-3-2-13(15)10-12(14)11-17-6-4-16(5-7-17)8-9-18/h2-3,10,18H,4-9,11,15H2,1H3. The minimum atomic E-state index is 0.239. The quantitative estimate of drug-likeness (QED) is 0.754. The molecule has 1 fully saturated rings. The van der Waals surface area contributed by atoms with Crippen LogP contribution in [-0.4, -0.2) is 61.3 Å². The fourth-order valence-corrected chi connectivity index (χ4v) is 2.48. The molecule has 5 heteroatoms. The number of β-amino-alcohol motifs (C(OH)–C–C–N with tert-alkyl or cyclic N) is 1. The molecule has 0 unspecified atom stereocenters. The van der Waals surface area contributed by atoms with Crippen LogP contribution >= 0.6 is 0 Å². The van der Waals surface area contributed by atoms with Crippen molar-refractivity contribution in [2.45, 2.75) is 6.54 Å². The molecule has 3 N–H and O–H groups in total. The van der Waals surface area contributed by atoms with Gasteiger partial charge in [-0.1, -0.05) is 0 Å². The van der Waals surface area contributed by atoms with Crippen molar-refractivity contribution in [1.29, 1.82) is 0 Å². The number of nitrogens with zero attached hydrogens (tertiary/aromatic N) is 2. The van der Waals surface area contributed by atoms with Crippen LogP contribution in [0.2, 0.25) is 0 Å². The van der Waals surface area contributed by atoms with Crippen molar-refractivity contribution < 1.29 is 9.84 Å². The van der Waals surface area contributed by atoms with Crippen LogP contribution in [0.25, 0.3) is 0 Å². The monoisotopic (exact) mass is 265 g/mol. The fourth-order valence-electron chi connectivity index (χ4n) is 2.48. The molecule has 5 nitrogen and oxygen atoms in total. The number of hydrogen-bond acceptors (Lipinski definition) is 5. The lowest BCUT2D eigenvalue weighted by molar-refractivity contribution is 0.108. The smallest absolute Gasteiger partial charge is 0.123 e.